The Labute approximate surface area is 148 Å². The highest BCUT2D eigenvalue weighted by Gasteiger charge is 2.13. The Kier molecular flexibility index (Phi) is 4.46. The van der Waals surface area contributed by atoms with E-state index >= 15 is 0 Å². The van der Waals surface area contributed by atoms with Gasteiger partial charge in [0.1, 0.15) is 5.82 Å². The van der Waals surface area contributed by atoms with Crippen molar-refractivity contribution in [3.05, 3.63) is 65.1 Å². The number of benzene rings is 2. The van der Waals surface area contributed by atoms with Crippen LogP contribution in [0.3, 0.4) is 0 Å². The molecule has 0 fully saturated rings. The summed E-state index contributed by atoms with van der Waals surface area (Å²) in [7, 11) is 0. The summed E-state index contributed by atoms with van der Waals surface area (Å²) in [6, 6.07) is 11.4. The fourth-order valence-electron chi connectivity index (χ4n) is 2.39. The number of rotatable bonds is 2. The minimum absolute atomic E-state index is 0.222. The summed E-state index contributed by atoms with van der Waals surface area (Å²) in [4.78, 5) is 19.9. The number of nitrogens with two attached hydrogens (primary N) is 1. The Morgan fingerprint density at radius 3 is 2.60 bits per heavy atom. The van der Waals surface area contributed by atoms with Crippen LogP contribution in [0.2, 0.25) is 5.02 Å². The zero-order valence-corrected chi connectivity index (χ0v) is 13.6. The van der Waals surface area contributed by atoms with Gasteiger partial charge in [0.2, 0.25) is 0 Å². The lowest BCUT2D eigenvalue weighted by atomic mass is 10.0. The smallest absolute Gasteiger partial charge is 0.279 e. The van der Waals surface area contributed by atoms with E-state index in [0.29, 0.717) is 21.5 Å². The molecule has 122 valence electrons. The van der Waals surface area contributed by atoms with E-state index in [-0.39, 0.29) is 11.4 Å². The molecule has 0 aliphatic heterocycles. The molecule has 6 heteroatoms. The number of aromatic nitrogens is 1. The van der Waals surface area contributed by atoms with Crippen LogP contribution in [0.25, 0.3) is 22.0 Å². The number of hydrogen-bond donors (Lipinski definition) is 1. The van der Waals surface area contributed by atoms with Crippen LogP contribution in [-0.2, 0) is 0 Å². The maximum atomic E-state index is 14.1. The van der Waals surface area contributed by atoms with Crippen molar-refractivity contribution in [1.82, 2.24) is 4.98 Å². The topological polar surface area (TPSA) is 68.3 Å². The molecular formula is C19H11ClFN3O. The van der Waals surface area contributed by atoms with Gasteiger partial charge >= 0.3 is 0 Å². The molecule has 0 spiro atoms. The molecule has 0 aliphatic carbocycles. The molecule has 3 aromatic rings. The minimum Gasteiger partial charge on any atom is -0.376 e. The van der Waals surface area contributed by atoms with Gasteiger partial charge in [-0.15, -0.1) is 6.42 Å². The normalized spacial score (nSPS) is 11.3. The molecule has 25 heavy (non-hydrogen) atoms. The van der Waals surface area contributed by atoms with Gasteiger partial charge in [-0.25, -0.2) is 4.39 Å². The van der Waals surface area contributed by atoms with Crippen molar-refractivity contribution >= 4 is 34.1 Å². The van der Waals surface area contributed by atoms with Crippen LogP contribution in [-0.4, -0.2) is 16.7 Å². The van der Waals surface area contributed by atoms with Crippen LogP contribution < -0.4 is 5.73 Å². The number of carbonyl (C=O) groups is 1. The molecule has 0 unspecified atom stereocenters. The number of terminal acetylenes is 1. The molecule has 0 radical (unpaired) electrons. The Morgan fingerprint density at radius 2 is 1.92 bits per heavy atom. The summed E-state index contributed by atoms with van der Waals surface area (Å²) in [5.41, 5.74) is 6.89. The first-order valence-electron chi connectivity index (χ1n) is 7.19. The monoisotopic (exact) mass is 351 g/mol. The van der Waals surface area contributed by atoms with Gasteiger partial charge in [0, 0.05) is 26.9 Å². The molecule has 0 aliphatic rings. The fourth-order valence-corrected chi connectivity index (χ4v) is 2.51. The highest BCUT2D eigenvalue weighted by atomic mass is 35.5. The van der Waals surface area contributed by atoms with Crippen molar-refractivity contribution in [3.8, 4) is 23.6 Å². The number of carbonyl (C=O) groups excluding carboxylic acids is 1. The third-order valence-corrected chi connectivity index (χ3v) is 3.83. The summed E-state index contributed by atoms with van der Waals surface area (Å²) >= 11 is 5.90. The molecule has 2 N–H and O–H groups in total. The Balaban J connectivity index is 2.20. The molecule has 0 saturated carbocycles. The van der Waals surface area contributed by atoms with Gasteiger partial charge in [-0.05, 0) is 30.2 Å². The maximum absolute atomic E-state index is 14.1. The second-order valence-electron chi connectivity index (χ2n) is 5.17. The molecule has 4 nitrogen and oxygen atoms in total. The lowest BCUT2D eigenvalue weighted by molar-refractivity contribution is 0.100. The van der Waals surface area contributed by atoms with Gasteiger partial charge in [-0.1, -0.05) is 29.8 Å². The summed E-state index contributed by atoms with van der Waals surface area (Å²) in [5, 5.41) is 1.39. The van der Waals surface area contributed by atoms with E-state index in [1.165, 1.54) is 18.2 Å². The average molecular weight is 352 g/mol. The van der Waals surface area contributed by atoms with E-state index in [4.69, 9.17) is 23.8 Å². The molecule has 1 heterocycles. The summed E-state index contributed by atoms with van der Waals surface area (Å²) in [5.74, 6) is 0.759. The number of halogens is 2. The van der Waals surface area contributed by atoms with Crippen LogP contribution >= 0.6 is 11.6 Å². The van der Waals surface area contributed by atoms with Gasteiger partial charge in [0.15, 0.2) is 5.84 Å². The largest absolute Gasteiger partial charge is 0.376 e. The third kappa shape index (κ3) is 3.35. The van der Waals surface area contributed by atoms with Crippen LogP contribution in [0, 0.1) is 18.2 Å². The van der Waals surface area contributed by atoms with Gasteiger partial charge in [0.05, 0.1) is 11.9 Å². The lowest BCUT2D eigenvalue weighted by Crippen LogP contribution is -2.11. The number of amides is 1. The molecule has 1 amide bonds. The van der Waals surface area contributed by atoms with Gasteiger partial charge in [0.25, 0.3) is 5.91 Å². The Hall–Kier alpha value is -3.23. The molecule has 1 aromatic heterocycles. The second-order valence-corrected chi connectivity index (χ2v) is 5.60. The predicted octanol–water partition coefficient (Wildman–Crippen LogP) is 3.82. The van der Waals surface area contributed by atoms with Crippen LogP contribution in [0.15, 0.2) is 53.7 Å². The zero-order chi connectivity index (χ0) is 18.0. The number of nitrogens with zero attached hydrogens (tertiary/aromatic N) is 2. The van der Waals surface area contributed by atoms with E-state index in [9.17, 15) is 9.18 Å². The van der Waals surface area contributed by atoms with Crippen molar-refractivity contribution in [1.29, 1.82) is 0 Å². The fraction of sp³-hybridized carbons (Fsp3) is 0. The third-order valence-electron chi connectivity index (χ3n) is 3.57. The van der Waals surface area contributed by atoms with Crippen LogP contribution in [0.5, 0.6) is 0 Å². The number of fused-ring (bicyclic) bond motifs is 1. The molecule has 0 bridgehead atoms. The van der Waals surface area contributed by atoms with E-state index < -0.39 is 11.7 Å². The standard InChI is InChI=1S/C19H11ClFN3O/c1-2-17(22)24-19(25)12-5-8-14-15(9-12)18(23-10-16(14)21)11-3-6-13(20)7-4-11/h1,3-10H,(H2,22,24,25). The molecule has 0 saturated heterocycles. The number of hydrogen-bond acceptors (Lipinski definition) is 2. The number of pyridine rings is 1. The zero-order valence-electron chi connectivity index (χ0n) is 12.8. The first kappa shape index (κ1) is 16.6. The summed E-state index contributed by atoms with van der Waals surface area (Å²) in [6.07, 6.45) is 6.23. The van der Waals surface area contributed by atoms with E-state index in [2.05, 4.69) is 15.9 Å². The molecule has 3 rings (SSSR count). The van der Waals surface area contributed by atoms with E-state index in [1.54, 1.807) is 24.3 Å². The van der Waals surface area contributed by atoms with Crippen molar-refractivity contribution in [2.45, 2.75) is 0 Å². The highest BCUT2D eigenvalue weighted by molar-refractivity contribution is 6.30. The van der Waals surface area contributed by atoms with Crippen molar-refractivity contribution < 1.29 is 9.18 Å². The lowest BCUT2D eigenvalue weighted by Gasteiger charge is -2.08. The van der Waals surface area contributed by atoms with Gasteiger partial charge < -0.3 is 5.73 Å². The quantitative estimate of drug-likeness (QED) is 0.433. The summed E-state index contributed by atoms with van der Waals surface area (Å²) < 4.78 is 14.1. The van der Waals surface area contributed by atoms with Crippen LogP contribution in [0.4, 0.5) is 4.39 Å². The molecule has 2 aromatic carbocycles. The SMILES string of the molecule is C#C/C(N)=N\C(=O)c1ccc2c(F)cnc(-c3ccc(Cl)cc3)c2c1. The van der Waals surface area contributed by atoms with E-state index in [0.717, 1.165) is 11.8 Å². The second kappa shape index (κ2) is 6.71. The Morgan fingerprint density at radius 1 is 1.20 bits per heavy atom. The maximum Gasteiger partial charge on any atom is 0.279 e. The average Bonchev–Trinajstić information content (AvgIpc) is 2.62. The van der Waals surface area contributed by atoms with Gasteiger partial charge in [-0.3, -0.25) is 9.78 Å². The number of amidine groups is 1. The number of aliphatic imine (C=N–C) groups is 1. The predicted molar refractivity (Wildman–Crippen MR) is 96.9 cm³/mol. The van der Waals surface area contributed by atoms with Crippen molar-refractivity contribution in [3.63, 3.8) is 0 Å². The first-order chi connectivity index (χ1) is 12.0. The van der Waals surface area contributed by atoms with Crippen LogP contribution in [0.1, 0.15) is 10.4 Å². The Bertz CT molecular complexity index is 1050. The highest BCUT2D eigenvalue weighted by Crippen LogP contribution is 2.30. The van der Waals surface area contributed by atoms with Crippen molar-refractivity contribution in [2.24, 2.45) is 10.7 Å². The summed E-state index contributed by atoms with van der Waals surface area (Å²) in [6.45, 7) is 0. The first-order valence-corrected chi connectivity index (χ1v) is 7.56. The van der Waals surface area contributed by atoms with Gasteiger partial charge in [-0.2, -0.15) is 4.99 Å². The van der Waals surface area contributed by atoms with E-state index in [1.807, 2.05) is 0 Å². The molecular weight excluding hydrogens is 341 g/mol. The van der Waals surface area contributed by atoms with Crippen molar-refractivity contribution in [2.75, 3.05) is 0 Å². The minimum atomic E-state index is -0.608. The molecule has 0 atom stereocenters.